The molecular formula is C25H22N4O2S. The molecule has 4 aromatic rings. The number of aromatic nitrogens is 2. The number of nitrogens with one attached hydrogen (secondary N) is 1. The van der Waals surface area contributed by atoms with Crippen molar-refractivity contribution in [3.63, 3.8) is 0 Å². The Bertz CT molecular complexity index is 1300. The third-order valence-electron chi connectivity index (χ3n) is 5.74. The highest BCUT2D eigenvalue weighted by Gasteiger charge is 2.35. The van der Waals surface area contributed by atoms with Gasteiger partial charge in [0.2, 0.25) is 11.8 Å². The van der Waals surface area contributed by atoms with Crippen LogP contribution in [0.4, 0.5) is 11.4 Å². The molecule has 1 aliphatic rings. The van der Waals surface area contributed by atoms with Gasteiger partial charge < -0.3 is 10.2 Å². The van der Waals surface area contributed by atoms with Crippen LogP contribution in [0, 0.1) is 19.8 Å². The monoisotopic (exact) mass is 442 g/mol. The molecule has 2 amide bonds. The van der Waals surface area contributed by atoms with Crippen molar-refractivity contribution in [1.82, 2.24) is 9.97 Å². The lowest BCUT2D eigenvalue weighted by atomic mass is 10.1. The summed E-state index contributed by atoms with van der Waals surface area (Å²) >= 11 is 1.55. The number of amides is 2. The molecule has 1 fully saturated rings. The summed E-state index contributed by atoms with van der Waals surface area (Å²) in [7, 11) is 0. The first kappa shape index (κ1) is 20.3. The number of thiazole rings is 1. The van der Waals surface area contributed by atoms with Crippen molar-refractivity contribution in [2.24, 2.45) is 5.92 Å². The summed E-state index contributed by atoms with van der Waals surface area (Å²) in [5, 5.41) is 3.91. The van der Waals surface area contributed by atoms with Crippen LogP contribution in [-0.2, 0) is 9.59 Å². The molecule has 1 atom stereocenters. The Morgan fingerprint density at radius 1 is 1.12 bits per heavy atom. The third-order valence-corrected chi connectivity index (χ3v) is 6.77. The third kappa shape index (κ3) is 3.87. The standard InChI is InChI=1S/C25H22N4O2S/c1-15-5-8-19(9-6-15)29-14-18(13-22(29)30)23(31)27-20-10-7-17(12-16(20)2)24-28-21-4-3-11-26-25(21)32-24/h3-12,18H,13-14H2,1-2H3,(H,27,31). The van der Waals surface area contributed by atoms with Crippen LogP contribution in [-0.4, -0.2) is 28.3 Å². The Morgan fingerprint density at radius 3 is 2.69 bits per heavy atom. The van der Waals surface area contributed by atoms with E-state index in [2.05, 4.69) is 15.3 Å². The number of rotatable bonds is 4. The van der Waals surface area contributed by atoms with Crippen LogP contribution in [0.1, 0.15) is 17.5 Å². The molecule has 6 nitrogen and oxygen atoms in total. The van der Waals surface area contributed by atoms with Gasteiger partial charge in [0, 0.05) is 36.1 Å². The molecule has 1 saturated heterocycles. The molecule has 0 spiro atoms. The van der Waals surface area contributed by atoms with E-state index in [1.54, 1.807) is 22.4 Å². The van der Waals surface area contributed by atoms with E-state index in [1.165, 1.54) is 0 Å². The molecule has 0 bridgehead atoms. The van der Waals surface area contributed by atoms with Gasteiger partial charge >= 0.3 is 0 Å². The van der Waals surface area contributed by atoms with Crippen LogP contribution in [0.5, 0.6) is 0 Å². The fraction of sp³-hybridized carbons (Fsp3) is 0.200. The molecule has 1 unspecified atom stereocenters. The Balaban J connectivity index is 1.30. The lowest BCUT2D eigenvalue weighted by Gasteiger charge is -2.17. The zero-order chi connectivity index (χ0) is 22.2. The Morgan fingerprint density at radius 2 is 1.94 bits per heavy atom. The number of fused-ring (bicyclic) bond motifs is 1. The minimum absolute atomic E-state index is 0.0227. The first-order chi connectivity index (χ1) is 15.5. The number of aryl methyl sites for hydroxylation is 2. The van der Waals surface area contributed by atoms with Crippen molar-refractivity contribution in [2.45, 2.75) is 20.3 Å². The molecule has 7 heteroatoms. The van der Waals surface area contributed by atoms with Gasteiger partial charge in [-0.2, -0.15) is 0 Å². The Hall–Kier alpha value is -3.58. The fourth-order valence-electron chi connectivity index (χ4n) is 3.92. The fourth-order valence-corrected chi connectivity index (χ4v) is 4.83. The lowest BCUT2D eigenvalue weighted by Crippen LogP contribution is -2.28. The summed E-state index contributed by atoms with van der Waals surface area (Å²) in [5.74, 6) is -0.531. The smallest absolute Gasteiger partial charge is 0.229 e. The maximum absolute atomic E-state index is 12.9. The van der Waals surface area contributed by atoms with E-state index in [0.717, 1.165) is 43.4 Å². The summed E-state index contributed by atoms with van der Waals surface area (Å²) in [6, 6.07) is 17.5. The second-order valence-electron chi connectivity index (χ2n) is 8.11. The maximum atomic E-state index is 12.9. The second-order valence-corrected chi connectivity index (χ2v) is 9.08. The molecule has 2 aromatic heterocycles. The Kier molecular flexibility index (Phi) is 5.19. The van der Waals surface area contributed by atoms with E-state index in [9.17, 15) is 9.59 Å². The van der Waals surface area contributed by atoms with Crippen molar-refractivity contribution in [2.75, 3.05) is 16.8 Å². The van der Waals surface area contributed by atoms with E-state index in [1.807, 2.05) is 68.4 Å². The normalized spacial score (nSPS) is 16.0. The maximum Gasteiger partial charge on any atom is 0.229 e. The number of pyridine rings is 1. The van der Waals surface area contributed by atoms with Crippen molar-refractivity contribution in [3.05, 3.63) is 71.9 Å². The Labute approximate surface area is 189 Å². The van der Waals surface area contributed by atoms with Crippen LogP contribution in [0.3, 0.4) is 0 Å². The van der Waals surface area contributed by atoms with Crippen molar-refractivity contribution in [3.8, 4) is 10.6 Å². The van der Waals surface area contributed by atoms with Gasteiger partial charge in [0.15, 0.2) is 0 Å². The van der Waals surface area contributed by atoms with Gasteiger partial charge in [0.25, 0.3) is 0 Å². The highest BCUT2D eigenvalue weighted by molar-refractivity contribution is 7.21. The highest BCUT2D eigenvalue weighted by atomic mass is 32.1. The molecule has 2 aromatic carbocycles. The largest absolute Gasteiger partial charge is 0.326 e. The number of anilines is 2. The molecule has 5 rings (SSSR count). The summed E-state index contributed by atoms with van der Waals surface area (Å²) in [6.45, 7) is 4.36. The highest BCUT2D eigenvalue weighted by Crippen LogP contribution is 2.32. The van der Waals surface area contributed by atoms with E-state index < -0.39 is 0 Å². The van der Waals surface area contributed by atoms with Crippen LogP contribution in [0.2, 0.25) is 0 Å². The van der Waals surface area contributed by atoms with Crippen molar-refractivity contribution >= 4 is 44.9 Å². The van der Waals surface area contributed by atoms with Crippen LogP contribution < -0.4 is 10.2 Å². The first-order valence-corrected chi connectivity index (χ1v) is 11.3. The number of nitrogens with zero attached hydrogens (tertiary/aromatic N) is 3. The van der Waals surface area contributed by atoms with E-state index in [4.69, 9.17) is 0 Å². The molecule has 1 N–H and O–H groups in total. The predicted molar refractivity (Wildman–Crippen MR) is 128 cm³/mol. The summed E-state index contributed by atoms with van der Waals surface area (Å²) < 4.78 is 0. The molecule has 160 valence electrons. The van der Waals surface area contributed by atoms with Crippen LogP contribution >= 0.6 is 11.3 Å². The zero-order valence-electron chi connectivity index (χ0n) is 17.8. The number of carbonyl (C=O) groups excluding carboxylic acids is 2. The molecule has 0 saturated carbocycles. The zero-order valence-corrected chi connectivity index (χ0v) is 18.6. The van der Waals surface area contributed by atoms with Gasteiger partial charge in [-0.25, -0.2) is 9.97 Å². The van der Waals surface area contributed by atoms with Crippen molar-refractivity contribution in [1.29, 1.82) is 0 Å². The molecule has 32 heavy (non-hydrogen) atoms. The molecule has 3 heterocycles. The van der Waals surface area contributed by atoms with Gasteiger partial charge in [-0.3, -0.25) is 9.59 Å². The van der Waals surface area contributed by atoms with Crippen LogP contribution in [0.25, 0.3) is 20.9 Å². The molecule has 0 aliphatic carbocycles. The second kappa shape index (κ2) is 8.16. The van der Waals surface area contributed by atoms with Gasteiger partial charge in [0.1, 0.15) is 15.4 Å². The van der Waals surface area contributed by atoms with Gasteiger partial charge in [-0.1, -0.05) is 29.0 Å². The number of hydrogen-bond acceptors (Lipinski definition) is 5. The molecule has 1 aliphatic heterocycles. The van der Waals surface area contributed by atoms with E-state index >= 15 is 0 Å². The summed E-state index contributed by atoms with van der Waals surface area (Å²) in [4.78, 5) is 37.0. The van der Waals surface area contributed by atoms with Gasteiger partial charge in [-0.15, -0.1) is 0 Å². The molecule has 0 radical (unpaired) electrons. The number of hydrogen-bond donors (Lipinski definition) is 1. The predicted octanol–water partition coefficient (Wildman–Crippen LogP) is 4.97. The first-order valence-electron chi connectivity index (χ1n) is 10.5. The average molecular weight is 443 g/mol. The minimum atomic E-state index is -0.377. The topological polar surface area (TPSA) is 75.2 Å². The lowest BCUT2D eigenvalue weighted by molar-refractivity contribution is -0.122. The van der Waals surface area contributed by atoms with Gasteiger partial charge in [-0.05, 0) is 61.9 Å². The summed E-state index contributed by atoms with van der Waals surface area (Å²) in [5.41, 5.74) is 5.54. The van der Waals surface area contributed by atoms with E-state index in [-0.39, 0.29) is 24.2 Å². The molecular weight excluding hydrogens is 420 g/mol. The van der Waals surface area contributed by atoms with Crippen molar-refractivity contribution < 1.29 is 9.59 Å². The SMILES string of the molecule is Cc1ccc(N2CC(C(=O)Nc3ccc(-c4nc5cccnc5s4)cc3C)CC2=O)cc1. The van der Waals surface area contributed by atoms with E-state index in [0.29, 0.717) is 6.54 Å². The average Bonchev–Trinajstić information content (AvgIpc) is 3.39. The van der Waals surface area contributed by atoms with Crippen LogP contribution in [0.15, 0.2) is 60.8 Å². The number of benzene rings is 2. The number of carbonyl (C=O) groups is 2. The summed E-state index contributed by atoms with van der Waals surface area (Å²) in [6.07, 6.45) is 1.98. The minimum Gasteiger partial charge on any atom is -0.326 e. The van der Waals surface area contributed by atoms with Gasteiger partial charge in [0.05, 0.1) is 5.92 Å². The quantitative estimate of drug-likeness (QED) is 0.484.